The summed E-state index contributed by atoms with van der Waals surface area (Å²) < 4.78 is 0.678. The molecule has 0 fully saturated rings. The van der Waals surface area contributed by atoms with Crippen LogP contribution in [0.1, 0.15) is 52.1 Å². The molecule has 0 bridgehead atoms. The van der Waals surface area contributed by atoms with Gasteiger partial charge in [0, 0.05) is 11.1 Å². The van der Waals surface area contributed by atoms with Gasteiger partial charge in [-0.05, 0) is 12.0 Å². The van der Waals surface area contributed by atoms with Gasteiger partial charge >= 0.3 is 0 Å². The molecule has 14 heavy (non-hydrogen) atoms. The summed E-state index contributed by atoms with van der Waals surface area (Å²) in [4.78, 5) is 7.69. The molecule has 0 amide bonds. The topological polar surface area (TPSA) is 28.7 Å². The Balaban J connectivity index is 3.28. The summed E-state index contributed by atoms with van der Waals surface area (Å²) in [5.74, 6) is 1.43. The second-order valence-electron chi connectivity index (χ2n) is 4.93. The van der Waals surface area contributed by atoms with Crippen LogP contribution in [-0.4, -0.2) is 9.97 Å². The highest BCUT2D eigenvalue weighted by atomic mass is 32.1. The van der Waals surface area contributed by atoms with E-state index in [1.54, 1.807) is 0 Å². The van der Waals surface area contributed by atoms with Gasteiger partial charge in [-0.1, -0.05) is 46.8 Å². The van der Waals surface area contributed by atoms with Gasteiger partial charge in [-0.15, -0.1) is 0 Å². The first kappa shape index (κ1) is 11.4. The van der Waals surface area contributed by atoms with Crippen molar-refractivity contribution in [3.8, 4) is 0 Å². The van der Waals surface area contributed by atoms with Crippen molar-refractivity contribution in [3.63, 3.8) is 0 Å². The summed E-state index contributed by atoms with van der Waals surface area (Å²) in [6.07, 6.45) is 0. The Bertz CT molecular complexity index is 372. The second-order valence-corrected chi connectivity index (χ2v) is 5.35. The Labute approximate surface area is 90.8 Å². The van der Waals surface area contributed by atoms with Crippen molar-refractivity contribution in [2.45, 2.75) is 46.0 Å². The van der Waals surface area contributed by atoms with Gasteiger partial charge in [0.1, 0.15) is 10.5 Å². The van der Waals surface area contributed by atoms with Crippen molar-refractivity contribution in [2.24, 2.45) is 0 Å². The van der Waals surface area contributed by atoms with Crippen molar-refractivity contribution in [1.29, 1.82) is 0 Å². The zero-order valence-corrected chi connectivity index (χ0v) is 10.3. The Morgan fingerprint density at radius 3 is 2.36 bits per heavy atom. The van der Waals surface area contributed by atoms with E-state index in [0.29, 0.717) is 10.6 Å². The van der Waals surface area contributed by atoms with E-state index in [9.17, 15) is 0 Å². The summed E-state index contributed by atoms with van der Waals surface area (Å²) in [6, 6.07) is 1.94. The molecule has 1 aromatic heterocycles. The summed E-state index contributed by atoms with van der Waals surface area (Å²) in [7, 11) is 0. The van der Waals surface area contributed by atoms with E-state index in [1.807, 2.05) is 6.07 Å². The lowest BCUT2D eigenvalue weighted by atomic mass is 9.95. The molecular weight excluding hydrogens is 192 g/mol. The van der Waals surface area contributed by atoms with Crippen molar-refractivity contribution in [1.82, 2.24) is 9.97 Å². The number of aromatic amines is 1. The Morgan fingerprint density at radius 1 is 1.36 bits per heavy atom. The molecular formula is C11H18N2S. The fourth-order valence-corrected chi connectivity index (χ4v) is 1.36. The molecule has 0 spiro atoms. The third-order valence-electron chi connectivity index (χ3n) is 2.10. The largest absolute Gasteiger partial charge is 0.346 e. The van der Waals surface area contributed by atoms with E-state index >= 15 is 0 Å². The second kappa shape index (κ2) is 3.81. The van der Waals surface area contributed by atoms with Crippen LogP contribution in [0.25, 0.3) is 0 Å². The highest BCUT2D eigenvalue weighted by molar-refractivity contribution is 7.71. The van der Waals surface area contributed by atoms with Crippen molar-refractivity contribution < 1.29 is 0 Å². The van der Waals surface area contributed by atoms with Crippen LogP contribution in [0.4, 0.5) is 0 Å². The Hall–Kier alpha value is -0.700. The smallest absolute Gasteiger partial charge is 0.130 e. The molecule has 2 nitrogen and oxygen atoms in total. The first-order valence-corrected chi connectivity index (χ1v) is 5.33. The van der Waals surface area contributed by atoms with Crippen LogP contribution in [0.2, 0.25) is 0 Å². The maximum absolute atomic E-state index is 5.14. The minimum Gasteiger partial charge on any atom is -0.346 e. The molecule has 1 N–H and O–H groups in total. The summed E-state index contributed by atoms with van der Waals surface area (Å²) in [5, 5.41) is 0. The Morgan fingerprint density at radius 2 is 1.93 bits per heavy atom. The average Bonchev–Trinajstić information content (AvgIpc) is 2.01. The third-order valence-corrected chi connectivity index (χ3v) is 2.31. The number of H-pyrrole nitrogens is 1. The van der Waals surface area contributed by atoms with Crippen molar-refractivity contribution in [3.05, 3.63) is 22.2 Å². The van der Waals surface area contributed by atoms with E-state index in [4.69, 9.17) is 12.2 Å². The monoisotopic (exact) mass is 210 g/mol. The molecule has 0 saturated heterocycles. The molecule has 0 saturated carbocycles. The quantitative estimate of drug-likeness (QED) is 0.718. The standard InChI is InChI=1S/C11H18N2S/c1-7(2)8-6-9(14)13-10(12-8)11(3,4)5/h6-7H,1-5H3,(H,12,13,14). The minimum absolute atomic E-state index is 0.0263. The van der Waals surface area contributed by atoms with Crippen LogP contribution in [0, 0.1) is 4.64 Å². The summed E-state index contributed by atoms with van der Waals surface area (Å²) in [6.45, 7) is 10.7. The first-order valence-electron chi connectivity index (χ1n) is 4.92. The van der Waals surface area contributed by atoms with Crippen molar-refractivity contribution >= 4 is 12.2 Å². The average molecular weight is 210 g/mol. The molecule has 0 aliphatic carbocycles. The number of rotatable bonds is 1. The van der Waals surface area contributed by atoms with Gasteiger partial charge in [0.05, 0.1) is 0 Å². The number of hydrogen-bond donors (Lipinski definition) is 1. The first-order chi connectivity index (χ1) is 6.30. The van der Waals surface area contributed by atoms with E-state index in [-0.39, 0.29) is 5.41 Å². The fraction of sp³-hybridized carbons (Fsp3) is 0.636. The SMILES string of the molecule is CC(C)c1cc(=S)nc(C(C)(C)C)[nH]1. The zero-order valence-electron chi connectivity index (χ0n) is 9.51. The molecule has 78 valence electrons. The number of aromatic nitrogens is 2. The molecule has 3 heteroatoms. The van der Waals surface area contributed by atoms with Crippen LogP contribution in [0.15, 0.2) is 6.07 Å². The highest BCUT2D eigenvalue weighted by Gasteiger charge is 2.17. The van der Waals surface area contributed by atoms with Crippen molar-refractivity contribution in [2.75, 3.05) is 0 Å². The number of nitrogens with one attached hydrogen (secondary N) is 1. The molecule has 1 aromatic rings. The van der Waals surface area contributed by atoms with E-state index in [0.717, 1.165) is 11.5 Å². The van der Waals surface area contributed by atoms with E-state index in [2.05, 4.69) is 44.6 Å². The third kappa shape index (κ3) is 2.64. The maximum Gasteiger partial charge on any atom is 0.130 e. The lowest BCUT2D eigenvalue weighted by Gasteiger charge is -2.19. The zero-order chi connectivity index (χ0) is 10.9. The predicted octanol–water partition coefficient (Wildman–Crippen LogP) is 3.56. The number of nitrogens with zero attached hydrogens (tertiary/aromatic N) is 1. The molecule has 1 heterocycles. The van der Waals surface area contributed by atoms with Gasteiger partial charge in [0.15, 0.2) is 0 Å². The molecule has 1 rings (SSSR count). The molecule has 0 aliphatic rings. The van der Waals surface area contributed by atoms with Crippen LogP contribution in [0.5, 0.6) is 0 Å². The van der Waals surface area contributed by atoms with E-state index in [1.165, 1.54) is 0 Å². The molecule has 0 unspecified atom stereocenters. The van der Waals surface area contributed by atoms with E-state index < -0.39 is 0 Å². The summed E-state index contributed by atoms with van der Waals surface area (Å²) >= 11 is 5.14. The highest BCUT2D eigenvalue weighted by Crippen LogP contribution is 2.20. The van der Waals surface area contributed by atoms with Gasteiger partial charge < -0.3 is 4.98 Å². The molecule has 0 aromatic carbocycles. The lowest BCUT2D eigenvalue weighted by molar-refractivity contribution is 0.537. The molecule has 0 aliphatic heterocycles. The van der Waals surface area contributed by atoms with Crippen LogP contribution >= 0.6 is 12.2 Å². The predicted molar refractivity (Wildman–Crippen MR) is 62.2 cm³/mol. The van der Waals surface area contributed by atoms with Crippen LogP contribution in [-0.2, 0) is 5.41 Å². The van der Waals surface area contributed by atoms with Crippen LogP contribution in [0.3, 0.4) is 0 Å². The van der Waals surface area contributed by atoms with Crippen LogP contribution < -0.4 is 0 Å². The summed E-state index contributed by atoms with van der Waals surface area (Å²) in [5.41, 5.74) is 1.19. The van der Waals surface area contributed by atoms with Gasteiger partial charge in [-0.25, -0.2) is 4.98 Å². The van der Waals surface area contributed by atoms with Gasteiger partial charge in [0.2, 0.25) is 0 Å². The molecule has 0 radical (unpaired) electrons. The number of hydrogen-bond acceptors (Lipinski definition) is 2. The minimum atomic E-state index is 0.0263. The Kier molecular flexibility index (Phi) is 3.10. The van der Waals surface area contributed by atoms with Gasteiger partial charge in [0.25, 0.3) is 0 Å². The normalized spacial score (nSPS) is 12.1. The maximum atomic E-state index is 5.14. The molecule has 0 atom stereocenters. The lowest BCUT2D eigenvalue weighted by Crippen LogP contribution is -2.17. The van der Waals surface area contributed by atoms with Gasteiger partial charge in [-0.2, -0.15) is 0 Å². The van der Waals surface area contributed by atoms with Gasteiger partial charge in [-0.3, -0.25) is 0 Å². The fourth-order valence-electron chi connectivity index (χ4n) is 1.14.